The highest BCUT2D eigenvalue weighted by Gasteiger charge is 2.26. The van der Waals surface area contributed by atoms with Crippen LogP contribution < -0.4 is 4.74 Å². The molecule has 1 aromatic rings. The van der Waals surface area contributed by atoms with Crippen molar-refractivity contribution in [3.63, 3.8) is 0 Å². The minimum Gasteiger partial charge on any atom is -0.490 e. The number of ether oxygens (including phenoxy) is 1. The number of halogens is 1. The normalized spacial score (nSPS) is 21.1. The van der Waals surface area contributed by atoms with Crippen molar-refractivity contribution in [3.05, 3.63) is 24.3 Å². The van der Waals surface area contributed by atoms with Crippen LogP contribution in [-0.2, 0) is 0 Å². The first-order chi connectivity index (χ1) is 7.29. The molecule has 2 heterocycles. The van der Waals surface area contributed by atoms with Crippen molar-refractivity contribution in [2.24, 2.45) is 0 Å². The number of rotatable bonds is 4. The number of likely N-dealkylation sites (tertiary alicyclic amines) is 1. The summed E-state index contributed by atoms with van der Waals surface area (Å²) in [6.07, 6.45) is 2.60. The van der Waals surface area contributed by atoms with Gasteiger partial charge >= 0.3 is 0 Å². The Balaban J connectivity index is 1.80. The number of hydrogen-bond donors (Lipinski definition) is 0. The molecule has 15 heavy (non-hydrogen) atoms. The van der Waals surface area contributed by atoms with E-state index in [9.17, 15) is 4.39 Å². The zero-order valence-electron chi connectivity index (χ0n) is 8.82. The summed E-state index contributed by atoms with van der Waals surface area (Å²) in [5.41, 5.74) is 0. The lowest BCUT2D eigenvalue weighted by Gasteiger charge is -2.39. The molecule has 1 atom stereocenters. The van der Waals surface area contributed by atoms with Crippen molar-refractivity contribution in [3.8, 4) is 5.75 Å². The van der Waals surface area contributed by atoms with Crippen LogP contribution in [0.3, 0.4) is 0 Å². The third-order valence-corrected chi connectivity index (χ3v) is 2.81. The van der Waals surface area contributed by atoms with Crippen molar-refractivity contribution in [1.82, 2.24) is 9.88 Å². The molecule has 0 aliphatic carbocycles. The number of aromatic nitrogens is 1. The zero-order valence-corrected chi connectivity index (χ0v) is 8.82. The van der Waals surface area contributed by atoms with Crippen LogP contribution in [-0.4, -0.2) is 35.6 Å². The van der Waals surface area contributed by atoms with Gasteiger partial charge in [0, 0.05) is 12.6 Å². The monoisotopic (exact) mass is 210 g/mol. The average molecular weight is 210 g/mol. The molecule has 0 aromatic carbocycles. The van der Waals surface area contributed by atoms with E-state index in [1.807, 2.05) is 0 Å². The fourth-order valence-electron chi connectivity index (χ4n) is 1.74. The largest absolute Gasteiger partial charge is 0.490 e. The van der Waals surface area contributed by atoms with E-state index in [0.717, 1.165) is 13.1 Å². The third-order valence-electron chi connectivity index (χ3n) is 2.81. The van der Waals surface area contributed by atoms with Gasteiger partial charge in [-0.1, -0.05) is 6.92 Å². The molecule has 4 heteroatoms. The van der Waals surface area contributed by atoms with E-state index in [1.54, 1.807) is 6.07 Å². The van der Waals surface area contributed by atoms with E-state index in [-0.39, 0.29) is 0 Å². The second kappa shape index (κ2) is 4.57. The molecule has 0 N–H and O–H groups in total. The smallest absolute Gasteiger partial charge is 0.213 e. The number of hydrogen-bond acceptors (Lipinski definition) is 3. The van der Waals surface area contributed by atoms with Crippen LogP contribution in [0.1, 0.15) is 13.3 Å². The minimum absolute atomic E-state index is 0.471. The maximum atomic E-state index is 12.5. The highest BCUT2D eigenvalue weighted by Crippen LogP contribution is 2.18. The Bertz CT molecular complexity index is 313. The minimum atomic E-state index is -0.471. The number of pyridine rings is 1. The number of nitrogens with zero attached hydrogens (tertiary/aromatic N) is 2. The van der Waals surface area contributed by atoms with Gasteiger partial charge in [0.05, 0.1) is 6.20 Å². The molecule has 0 saturated carbocycles. The predicted octanol–water partition coefficient (Wildman–Crippen LogP) is 1.69. The molecule has 3 nitrogen and oxygen atoms in total. The highest BCUT2D eigenvalue weighted by atomic mass is 19.1. The standard InChI is InChI=1S/C11H15FN2O/c1-2-14-6-5-9(14)8-15-10-3-4-11(12)13-7-10/h3-4,7,9H,2,5-6,8H2,1H3/t9-/m0/s1. The first-order valence-electron chi connectivity index (χ1n) is 5.28. The molecule has 1 aromatic heterocycles. The second-order valence-corrected chi connectivity index (χ2v) is 3.70. The van der Waals surface area contributed by atoms with Crippen molar-refractivity contribution >= 4 is 0 Å². The topological polar surface area (TPSA) is 25.4 Å². The van der Waals surface area contributed by atoms with E-state index in [0.29, 0.717) is 18.4 Å². The summed E-state index contributed by atoms with van der Waals surface area (Å²) in [7, 11) is 0. The lowest BCUT2D eigenvalue weighted by molar-refractivity contribution is 0.0559. The average Bonchev–Trinajstić information content (AvgIpc) is 2.20. The van der Waals surface area contributed by atoms with Crippen LogP contribution in [0.15, 0.2) is 18.3 Å². The Hall–Kier alpha value is -1.16. The summed E-state index contributed by atoms with van der Waals surface area (Å²) in [5.74, 6) is 0.167. The molecule has 2 rings (SSSR count). The van der Waals surface area contributed by atoms with E-state index in [1.165, 1.54) is 18.7 Å². The fourth-order valence-corrected chi connectivity index (χ4v) is 1.74. The second-order valence-electron chi connectivity index (χ2n) is 3.70. The van der Waals surface area contributed by atoms with Gasteiger partial charge in [-0.2, -0.15) is 4.39 Å². The summed E-state index contributed by atoms with van der Waals surface area (Å²) in [4.78, 5) is 5.89. The van der Waals surface area contributed by atoms with Crippen LogP contribution in [0.4, 0.5) is 4.39 Å². The number of likely N-dealkylation sites (N-methyl/N-ethyl adjacent to an activating group) is 1. The molecular formula is C11H15FN2O. The van der Waals surface area contributed by atoms with Gasteiger partial charge < -0.3 is 4.74 Å². The Morgan fingerprint density at radius 2 is 2.47 bits per heavy atom. The van der Waals surface area contributed by atoms with Gasteiger partial charge in [-0.15, -0.1) is 0 Å². The molecule has 1 fully saturated rings. The first kappa shape index (κ1) is 10.4. The van der Waals surface area contributed by atoms with Crippen LogP contribution in [0.2, 0.25) is 0 Å². The molecular weight excluding hydrogens is 195 g/mol. The lowest BCUT2D eigenvalue weighted by Crippen LogP contribution is -2.50. The Labute approximate surface area is 88.9 Å². The van der Waals surface area contributed by atoms with Gasteiger partial charge in [0.25, 0.3) is 0 Å². The SMILES string of the molecule is CCN1CC[C@H]1COc1ccc(F)nc1. The summed E-state index contributed by atoms with van der Waals surface area (Å²) in [6.45, 7) is 5.04. The van der Waals surface area contributed by atoms with Gasteiger partial charge in [-0.25, -0.2) is 4.98 Å². The van der Waals surface area contributed by atoms with Crippen LogP contribution in [0, 0.1) is 5.95 Å². The van der Waals surface area contributed by atoms with Crippen LogP contribution >= 0.6 is 0 Å². The Morgan fingerprint density at radius 3 is 3.00 bits per heavy atom. The Morgan fingerprint density at radius 1 is 1.60 bits per heavy atom. The van der Waals surface area contributed by atoms with Gasteiger partial charge in [0.15, 0.2) is 0 Å². The molecule has 0 bridgehead atoms. The summed E-state index contributed by atoms with van der Waals surface area (Å²) in [6, 6.07) is 3.44. The van der Waals surface area contributed by atoms with Crippen LogP contribution in [0.25, 0.3) is 0 Å². The summed E-state index contributed by atoms with van der Waals surface area (Å²) < 4.78 is 18.0. The molecule has 0 unspecified atom stereocenters. The molecule has 1 aliphatic heterocycles. The molecule has 0 radical (unpaired) electrons. The summed E-state index contributed by atoms with van der Waals surface area (Å²) >= 11 is 0. The van der Waals surface area contributed by atoms with Crippen molar-refractivity contribution in [2.75, 3.05) is 19.7 Å². The molecule has 0 amide bonds. The van der Waals surface area contributed by atoms with Gasteiger partial charge in [0.2, 0.25) is 5.95 Å². The summed E-state index contributed by atoms with van der Waals surface area (Å²) in [5, 5.41) is 0. The molecule has 1 aliphatic rings. The maximum absolute atomic E-state index is 12.5. The quantitative estimate of drug-likeness (QED) is 0.707. The Kier molecular flexibility index (Phi) is 3.16. The van der Waals surface area contributed by atoms with E-state index < -0.39 is 5.95 Å². The predicted molar refractivity (Wildman–Crippen MR) is 55.3 cm³/mol. The van der Waals surface area contributed by atoms with Gasteiger partial charge in [0.1, 0.15) is 12.4 Å². The fraction of sp³-hybridized carbons (Fsp3) is 0.545. The molecule has 82 valence electrons. The molecule has 0 spiro atoms. The maximum Gasteiger partial charge on any atom is 0.213 e. The highest BCUT2D eigenvalue weighted by molar-refractivity contribution is 5.16. The van der Waals surface area contributed by atoms with Crippen molar-refractivity contribution in [2.45, 2.75) is 19.4 Å². The van der Waals surface area contributed by atoms with E-state index >= 15 is 0 Å². The van der Waals surface area contributed by atoms with Crippen LogP contribution in [0.5, 0.6) is 5.75 Å². The van der Waals surface area contributed by atoms with E-state index in [4.69, 9.17) is 4.74 Å². The zero-order chi connectivity index (χ0) is 10.7. The third kappa shape index (κ3) is 2.45. The van der Waals surface area contributed by atoms with Crippen molar-refractivity contribution < 1.29 is 9.13 Å². The lowest BCUT2D eigenvalue weighted by atomic mass is 10.1. The molecule has 1 saturated heterocycles. The van der Waals surface area contributed by atoms with Crippen molar-refractivity contribution in [1.29, 1.82) is 0 Å². The first-order valence-corrected chi connectivity index (χ1v) is 5.28. The van der Waals surface area contributed by atoms with Gasteiger partial charge in [-0.3, -0.25) is 4.90 Å². The van der Waals surface area contributed by atoms with Gasteiger partial charge in [-0.05, 0) is 25.1 Å². The van der Waals surface area contributed by atoms with E-state index in [2.05, 4.69) is 16.8 Å².